The van der Waals surface area contributed by atoms with E-state index >= 15 is 0 Å². The smallest absolute Gasteiger partial charge is 0.104 e. The fraction of sp³-hybridized carbons (Fsp3) is 0.250. The van der Waals surface area contributed by atoms with Crippen molar-refractivity contribution in [3.8, 4) is 11.8 Å². The van der Waals surface area contributed by atoms with Crippen molar-refractivity contribution in [2.24, 2.45) is 0 Å². The molecule has 1 aromatic heterocycles. The molecule has 1 heterocycles. The molecule has 0 unspecified atom stereocenters. The summed E-state index contributed by atoms with van der Waals surface area (Å²) in [5.41, 5.74) is 2.76. The molecule has 1 aromatic carbocycles. The Morgan fingerprint density at radius 2 is 2.00 bits per heavy atom. The predicted molar refractivity (Wildman–Crippen MR) is 84.5 cm³/mol. The quantitative estimate of drug-likeness (QED) is 0.863. The van der Waals surface area contributed by atoms with E-state index in [0.717, 1.165) is 16.4 Å². The number of hydrogen-bond donors (Lipinski definition) is 1. The van der Waals surface area contributed by atoms with Crippen LogP contribution in [0.4, 0.5) is 0 Å². The zero-order valence-corrected chi connectivity index (χ0v) is 12.5. The van der Waals surface area contributed by atoms with E-state index in [-0.39, 0.29) is 6.61 Å². The van der Waals surface area contributed by atoms with Gasteiger partial charge in [0.05, 0.1) is 4.88 Å². The maximum Gasteiger partial charge on any atom is 0.104 e. The summed E-state index contributed by atoms with van der Waals surface area (Å²) in [5.74, 6) is 7.68. The van der Waals surface area contributed by atoms with E-state index in [0.29, 0.717) is 0 Å². The molecule has 0 saturated heterocycles. The first-order valence-corrected chi connectivity index (χ1v) is 8.07. The zero-order valence-electron chi connectivity index (χ0n) is 10.8. The molecule has 0 amide bonds. The fourth-order valence-electron chi connectivity index (χ4n) is 1.68. The van der Waals surface area contributed by atoms with Crippen molar-refractivity contribution < 1.29 is 5.11 Å². The number of thioether (sulfide) groups is 1. The van der Waals surface area contributed by atoms with Crippen LogP contribution in [-0.4, -0.2) is 11.7 Å². The van der Waals surface area contributed by atoms with Crippen LogP contribution in [0.5, 0.6) is 0 Å². The Hall–Kier alpha value is -1.21. The highest BCUT2D eigenvalue weighted by Crippen LogP contribution is 2.24. The van der Waals surface area contributed by atoms with Gasteiger partial charge in [0.15, 0.2) is 0 Å². The average Bonchev–Trinajstić information content (AvgIpc) is 2.86. The molecule has 0 bridgehead atoms. The van der Waals surface area contributed by atoms with E-state index in [1.165, 1.54) is 16.0 Å². The second-order valence-electron chi connectivity index (χ2n) is 4.15. The van der Waals surface area contributed by atoms with Gasteiger partial charge in [0.2, 0.25) is 0 Å². The van der Waals surface area contributed by atoms with Crippen molar-refractivity contribution in [1.82, 2.24) is 0 Å². The van der Waals surface area contributed by atoms with Crippen molar-refractivity contribution in [1.29, 1.82) is 0 Å². The summed E-state index contributed by atoms with van der Waals surface area (Å²) in [6, 6.07) is 12.7. The minimum absolute atomic E-state index is 0.0741. The summed E-state index contributed by atoms with van der Waals surface area (Å²) >= 11 is 3.63. The molecule has 0 fully saturated rings. The summed E-state index contributed by atoms with van der Waals surface area (Å²) in [6.07, 6.45) is 0. The number of rotatable bonds is 4. The van der Waals surface area contributed by atoms with Crippen LogP contribution in [0.1, 0.15) is 20.9 Å². The summed E-state index contributed by atoms with van der Waals surface area (Å²) in [7, 11) is 0. The van der Waals surface area contributed by atoms with Crippen molar-refractivity contribution in [2.75, 3.05) is 6.61 Å². The lowest BCUT2D eigenvalue weighted by atomic mass is 10.1. The van der Waals surface area contributed by atoms with Crippen molar-refractivity contribution in [3.05, 3.63) is 57.3 Å². The van der Waals surface area contributed by atoms with Crippen LogP contribution in [-0.2, 0) is 11.5 Å². The largest absolute Gasteiger partial charge is 0.384 e. The SMILES string of the molecule is Cc1ccccc1CSCc1ccc(C#CCO)s1. The number of benzene rings is 1. The molecule has 0 aliphatic heterocycles. The van der Waals surface area contributed by atoms with Gasteiger partial charge in [-0.25, -0.2) is 0 Å². The third-order valence-electron chi connectivity index (χ3n) is 2.72. The minimum Gasteiger partial charge on any atom is -0.384 e. The topological polar surface area (TPSA) is 20.2 Å². The first-order chi connectivity index (χ1) is 9.29. The highest BCUT2D eigenvalue weighted by atomic mass is 32.2. The van der Waals surface area contributed by atoms with Crippen LogP contribution < -0.4 is 0 Å². The molecular weight excluding hydrogens is 272 g/mol. The van der Waals surface area contributed by atoms with Gasteiger partial charge in [-0.1, -0.05) is 36.1 Å². The summed E-state index contributed by atoms with van der Waals surface area (Å²) in [6.45, 7) is 2.08. The van der Waals surface area contributed by atoms with Crippen LogP contribution in [0.2, 0.25) is 0 Å². The third-order valence-corrected chi connectivity index (χ3v) is 4.93. The van der Waals surface area contributed by atoms with E-state index in [2.05, 4.69) is 49.1 Å². The number of thiophene rings is 1. The molecule has 98 valence electrons. The first kappa shape index (κ1) is 14.2. The van der Waals surface area contributed by atoms with Gasteiger partial charge >= 0.3 is 0 Å². The Balaban J connectivity index is 1.86. The molecule has 1 N–H and O–H groups in total. The number of hydrogen-bond acceptors (Lipinski definition) is 3. The van der Waals surface area contributed by atoms with Gasteiger partial charge < -0.3 is 5.11 Å². The van der Waals surface area contributed by atoms with E-state index in [1.54, 1.807) is 11.3 Å². The lowest BCUT2D eigenvalue weighted by Crippen LogP contribution is -1.85. The number of aliphatic hydroxyl groups excluding tert-OH is 1. The minimum atomic E-state index is -0.0741. The first-order valence-electron chi connectivity index (χ1n) is 6.10. The lowest BCUT2D eigenvalue weighted by Gasteiger charge is -2.04. The molecule has 0 saturated carbocycles. The normalized spacial score (nSPS) is 10.0. The molecular formula is C16H16OS2. The van der Waals surface area contributed by atoms with Crippen molar-refractivity contribution >= 4 is 23.1 Å². The van der Waals surface area contributed by atoms with Crippen molar-refractivity contribution in [2.45, 2.75) is 18.4 Å². The van der Waals surface area contributed by atoms with Gasteiger partial charge in [0, 0.05) is 16.4 Å². The van der Waals surface area contributed by atoms with Gasteiger partial charge in [-0.3, -0.25) is 0 Å². The number of aliphatic hydroxyl groups is 1. The van der Waals surface area contributed by atoms with Gasteiger partial charge in [-0.05, 0) is 30.2 Å². The molecule has 0 spiro atoms. The maximum atomic E-state index is 8.65. The molecule has 19 heavy (non-hydrogen) atoms. The van der Waals surface area contributed by atoms with Gasteiger partial charge in [0.1, 0.15) is 6.61 Å². The second kappa shape index (κ2) is 7.40. The predicted octanol–water partition coefficient (Wildman–Crippen LogP) is 3.83. The van der Waals surface area contributed by atoms with E-state index in [1.807, 2.05) is 17.8 Å². The second-order valence-corrected chi connectivity index (χ2v) is 6.30. The molecule has 3 heteroatoms. The van der Waals surface area contributed by atoms with Crippen LogP contribution >= 0.6 is 23.1 Å². The third kappa shape index (κ3) is 4.43. The van der Waals surface area contributed by atoms with Crippen LogP contribution in [0.15, 0.2) is 36.4 Å². The molecule has 0 atom stereocenters. The Morgan fingerprint density at radius 1 is 1.16 bits per heavy atom. The molecule has 0 aliphatic carbocycles. The van der Waals surface area contributed by atoms with E-state index < -0.39 is 0 Å². The summed E-state index contributed by atoms with van der Waals surface area (Å²) in [5, 5.41) is 8.65. The molecule has 2 rings (SSSR count). The van der Waals surface area contributed by atoms with Crippen LogP contribution in [0, 0.1) is 18.8 Å². The van der Waals surface area contributed by atoms with Crippen LogP contribution in [0.3, 0.4) is 0 Å². The molecule has 0 aliphatic rings. The lowest BCUT2D eigenvalue weighted by molar-refractivity contribution is 0.350. The highest BCUT2D eigenvalue weighted by molar-refractivity contribution is 7.97. The highest BCUT2D eigenvalue weighted by Gasteiger charge is 2.01. The Morgan fingerprint density at radius 3 is 2.79 bits per heavy atom. The van der Waals surface area contributed by atoms with Gasteiger partial charge in [-0.15, -0.1) is 11.3 Å². The summed E-state index contributed by atoms with van der Waals surface area (Å²) < 4.78 is 0. The Kier molecular flexibility index (Phi) is 5.53. The van der Waals surface area contributed by atoms with Crippen LogP contribution in [0.25, 0.3) is 0 Å². The fourth-order valence-corrected chi connectivity index (χ4v) is 3.79. The maximum absolute atomic E-state index is 8.65. The zero-order chi connectivity index (χ0) is 13.5. The molecule has 2 aromatic rings. The van der Waals surface area contributed by atoms with Gasteiger partial charge in [0.25, 0.3) is 0 Å². The Bertz CT molecular complexity index is 590. The molecule has 1 nitrogen and oxygen atoms in total. The van der Waals surface area contributed by atoms with E-state index in [4.69, 9.17) is 5.11 Å². The van der Waals surface area contributed by atoms with Gasteiger partial charge in [-0.2, -0.15) is 11.8 Å². The summed E-state index contributed by atoms with van der Waals surface area (Å²) in [4.78, 5) is 2.36. The number of aryl methyl sites for hydroxylation is 1. The molecule has 0 radical (unpaired) electrons. The van der Waals surface area contributed by atoms with Crippen molar-refractivity contribution in [3.63, 3.8) is 0 Å². The average molecular weight is 288 g/mol. The Labute approximate surface area is 122 Å². The standard InChI is InChI=1S/C16H16OS2/c1-13-5-2-3-6-14(13)11-18-12-16-9-8-15(19-16)7-4-10-17/h2-3,5-6,8-9,17H,10-12H2,1H3. The van der Waals surface area contributed by atoms with E-state index in [9.17, 15) is 0 Å². The monoisotopic (exact) mass is 288 g/mol.